The maximum atomic E-state index is 6.98. The van der Waals surface area contributed by atoms with Crippen molar-refractivity contribution in [3.05, 3.63) is 41.5 Å². The zero-order valence-corrected chi connectivity index (χ0v) is 7.56. The van der Waals surface area contributed by atoms with Gasteiger partial charge in [-0.2, -0.15) is 4.98 Å². The van der Waals surface area contributed by atoms with Crippen molar-refractivity contribution in [2.45, 2.75) is 6.92 Å². The molecule has 14 heavy (non-hydrogen) atoms. The van der Waals surface area contributed by atoms with Gasteiger partial charge >= 0.3 is 0 Å². The number of aromatic nitrogens is 2. The van der Waals surface area contributed by atoms with Crippen molar-refractivity contribution in [1.29, 1.82) is 0 Å². The predicted octanol–water partition coefficient (Wildman–Crippen LogP) is 2.60. The molecule has 0 N–H and O–H groups in total. The van der Waals surface area contributed by atoms with Crippen molar-refractivity contribution in [3.63, 3.8) is 0 Å². The summed E-state index contributed by atoms with van der Waals surface area (Å²) in [6.07, 6.45) is 0. The van der Waals surface area contributed by atoms with Gasteiger partial charge in [0.2, 0.25) is 5.89 Å². The van der Waals surface area contributed by atoms with Gasteiger partial charge in [0.1, 0.15) is 0 Å². The third-order valence-electron chi connectivity index (χ3n) is 1.78. The smallest absolute Gasteiger partial charge is 0.247 e. The lowest BCUT2D eigenvalue weighted by Crippen LogP contribution is -1.77. The quantitative estimate of drug-likeness (QED) is 0.641. The van der Waals surface area contributed by atoms with Gasteiger partial charge < -0.3 is 4.52 Å². The third-order valence-corrected chi connectivity index (χ3v) is 1.78. The molecule has 0 radical (unpaired) electrons. The fraction of sp³-hybridized carbons (Fsp3) is 0.100. The number of para-hydroxylation sites is 1. The maximum absolute atomic E-state index is 6.98. The highest BCUT2D eigenvalue weighted by molar-refractivity contribution is 5.72. The van der Waals surface area contributed by atoms with Crippen LogP contribution in [0.15, 0.2) is 28.8 Å². The summed E-state index contributed by atoms with van der Waals surface area (Å²) >= 11 is 0. The second kappa shape index (κ2) is 3.30. The normalized spacial score (nSPS) is 9.71. The monoisotopic (exact) mass is 185 g/mol. The van der Waals surface area contributed by atoms with E-state index >= 15 is 0 Å². The topological polar surface area (TPSA) is 43.3 Å². The van der Waals surface area contributed by atoms with E-state index in [4.69, 9.17) is 11.1 Å². The maximum Gasteiger partial charge on any atom is 0.247 e. The average Bonchev–Trinajstić information content (AvgIpc) is 2.65. The molecule has 0 saturated heterocycles. The first-order valence-electron chi connectivity index (χ1n) is 4.08. The summed E-state index contributed by atoms with van der Waals surface area (Å²) in [7, 11) is 0. The van der Waals surface area contributed by atoms with Crippen LogP contribution in [-0.2, 0) is 0 Å². The molecule has 68 valence electrons. The molecule has 0 aliphatic heterocycles. The first kappa shape index (κ1) is 8.45. The summed E-state index contributed by atoms with van der Waals surface area (Å²) in [4.78, 5) is 7.45. The van der Waals surface area contributed by atoms with Crippen LogP contribution < -0.4 is 0 Å². The Morgan fingerprint density at radius 2 is 2.14 bits per heavy atom. The van der Waals surface area contributed by atoms with Crippen LogP contribution in [0.25, 0.3) is 16.3 Å². The molecule has 0 aliphatic carbocycles. The van der Waals surface area contributed by atoms with Gasteiger partial charge in [0.15, 0.2) is 11.5 Å². The molecule has 0 atom stereocenters. The van der Waals surface area contributed by atoms with E-state index in [0.29, 0.717) is 23.0 Å². The van der Waals surface area contributed by atoms with Crippen LogP contribution in [0.5, 0.6) is 0 Å². The molecule has 0 amide bonds. The van der Waals surface area contributed by atoms with Crippen molar-refractivity contribution < 1.29 is 4.52 Å². The van der Waals surface area contributed by atoms with E-state index in [2.05, 4.69) is 15.0 Å². The van der Waals surface area contributed by atoms with Gasteiger partial charge in [-0.25, -0.2) is 4.85 Å². The fourth-order valence-corrected chi connectivity index (χ4v) is 1.16. The lowest BCUT2D eigenvalue weighted by atomic mass is 10.2. The average molecular weight is 185 g/mol. The molecule has 0 saturated carbocycles. The highest BCUT2D eigenvalue weighted by Crippen LogP contribution is 2.28. The summed E-state index contributed by atoms with van der Waals surface area (Å²) in [5, 5.41) is 3.68. The number of hydrogen-bond donors (Lipinski definition) is 0. The molecular formula is C10H7N3O. The molecule has 1 aromatic carbocycles. The molecule has 2 aromatic rings. The Morgan fingerprint density at radius 3 is 2.79 bits per heavy atom. The summed E-state index contributed by atoms with van der Waals surface area (Å²) in [6, 6.07) is 7.16. The third kappa shape index (κ3) is 1.36. The predicted molar refractivity (Wildman–Crippen MR) is 50.7 cm³/mol. The van der Waals surface area contributed by atoms with E-state index in [-0.39, 0.29) is 0 Å². The fourth-order valence-electron chi connectivity index (χ4n) is 1.16. The molecule has 1 heterocycles. The van der Waals surface area contributed by atoms with E-state index in [0.717, 1.165) is 0 Å². The standard InChI is InChI=1S/C10H7N3O/c1-7-12-10(14-13-7)8-5-3-4-6-9(8)11-2/h3-6H,1H3. The molecule has 2 rings (SSSR count). The molecule has 0 unspecified atom stereocenters. The van der Waals surface area contributed by atoms with Crippen molar-refractivity contribution >= 4 is 5.69 Å². The minimum Gasteiger partial charge on any atom is -0.335 e. The van der Waals surface area contributed by atoms with E-state index in [1.165, 1.54) is 0 Å². The number of aryl methyl sites for hydroxylation is 1. The molecule has 0 bridgehead atoms. The number of rotatable bonds is 1. The first-order valence-corrected chi connectivity index (χ1v) is 4.08. The Morgan fingerprint density at radius 1 is 1.36 bits per heavy atom. The molecule has 0 fully saturated rings. The Balaban J connectivity index is 2.57. The van der Waals surface area contributed by atoms with Crippen molar-refractivity contribution in [3.8, 4) is 11.5 Å². The summed E-state index contributed by atoms with van der Waals surface area (Å²) in [6.45, 7) is 8.72. The second-order valence-electron chi connectivity index (χ2n) is 2.78. The van der Waals surface area contributed by atoms with Crippen LogP contribution in [0.4, 0.5) is 5.69 Å². The van der Waals surface area contributed by atoms with Gasteiger partial charge in [-0.3, -0.25) is 0 Å². The number of nitrogens with zero attached hydrogens (tertiary/aromatic N) is 3. The minimum absolute atomic E-state index is 0.397. The van der Waals surface area contributed by atoms with Gasteiger partial charge in [0, 0.05) is 5.56 Å². The summed E-state index contributed by atoms with van der Waals surface area (Å²) < 4.78 is 4.99. The zero-order valence-electron chi connectivity index (χ0n) is 7.56. The van der Waals surface area contributed by atoms with E-state index < -0.39 is 0 Å². The Kier molecular flexibility index (Phi) is 1.99. The Labute approximate surface area is 81.0 Å². The minimum atomic E-state index is 0.397. The summed E-state index contributed by atoms with van der Waals surface area (Å²) in [5.74, 6) is 0.967. The lowest BCUT2D eigenvalue weighted by Gasteiger charge is -1.95. The van der Waals surface area contributed by atoms with Crippen LogP contribution in [0, 0.1) is 13.5 Å². The van der Waals surface area contributed by atoms with E-state index in [1.807, 2.05) is 6.07 Å². The largest absolute Gasteiger partial charge is 0.335 e. The zero-order chi connectivity index (χ0) is 9.97. The van der Waals surface area contributed by atoms with Gasteiger partial charge in [-0.15, -0.1) is 0 Å². The van der Waals surface area contributed by atoms with Gasteiger partial charge in [-0.1, -0.05) is 29.4 Å². The Hall–Kier alpha value is -2.15. The molecule has 0 aliphatic rings. The van der Waals surface area contributed by atoms with Crippen LogP contribution in [0.3, 0.4) is 0 Å². The van der Waals surface area contributed by atoms with Crippen molar-refractivity contribution in [1.82, 2.24) is 10.1 Å². The van der Waals surface area contributed by atoms with E-state index in [9.17, 15) is 0 Å². The molecule has 4 nitrogen and oxygen atoms in total. The van der Waals surface area contributed by atoms with Crippen molar-refractivity contribution in [2.24, 2.45) is 0 Å². The molecule has 1 aromatic heterocycles. The van der Waals surface area contributed by atoms with Crippen LogP contribution in [0.1, 0.15) is 5.82 Å². The first-order chi connectivity index (χ1) is 6.81. The van der Waals surface area contributed by atoms with Crippen LogP contribution in [-0.4, -0.2) is 10.1 Å². The molecule has 0 spiro atoms. The Bertz CT molecular complexity index is 496. The number of benzene rings is 1. The highest BCUT2D eigenvalue weighted by Gasteiger charge is 2.09. The SMILES string of the molecule is [C-]#[N+]c1ccccc1-c1nc(C)no1. The molecular weight excluding hydrogens is 178 g/mol. The van der Waals surface area contributed by atoms with E-state index in [1.54, 1.807) is 25.1 Å². The summed E-state index contributed by atoms with van der Waals surface area (Å²) in [5.41, 5.74) is 1.21. The molecule has 4 heteroatoms. The second-order valence-corrected chi connectivity index (χ2v) is 2.78. The van der Waals surface area contributed by atoms with Crippen LogP contribution >= 0.6 is 0 Å². The van der Waals surface area contributed by atoms with Gasteiger partial charge in [0.05, 0.1) is 6.57 Å². The number of hydrogen-bond acceptors (Lipinski definition) is 3. The van der Waals surface area contributed by atoms with Crippen LogP contribution in [0.2, 0.25) is 0 Å². The van der Waals surface area contributed by atoms with Gasteiger partial charge in [-0.05, 0) is 6.92 Å². The lowest BCUT2D eigenvalue weighted by molar-refractivity contribution is 0.426. The van der Waals surface area contributed by atoms with Gasteiger partial charge in [0.25, 0.3) is 0 Å². The van der Waals surface area contributed by atoms with Crippen molar-refractivity contribution in [2.75, 3.05) is 0 Å². The highest BCUT2D eigenvalue weighted by atomic mass is 16.5.